The lowest BCUT2D eigenvalue weighted by atomic mass is 10.1. The summed E-state index contributed by atoms with van der Waals surface area (Å²) in [5, 5.41) is 0.265. The molecule has 0 fully saturated rings. The van der Waals surface area contributed by atoms with E-state index in [9.17, 15) is 14.4 Å². The molecule has 0 aliphatic carbocycles. The predicted molar refractivity (Wildman–Crippen MR) is 54.8 cm³/mol. The number of aromatic nitrogens is 3. The molecule has 1 unspecified atom stereocenters. The minimum Gasteiger partial charge on any atom is -0.297 e. The first-order chi connectivity index (χ1) is 8.20. The fraction of sp³-hybridized carbons (Fsp3) is 0.444. The van der Waals surface area contributed by atoms with Crippen molar-refractivity contribution in [3.8, 4) is 0 Å². The molecular formula is C9H13N3O3. The number of Topliss-reactive ketones (excluding diaryl/α,β-unsaturated/α-hetero) is 1. The Balaban J connectivity index is 3.67. The van der Waals surface area contributed by atoms with Crippen molar-refractivity contribution in [3.05, 3.63) is 33.1 Å². The molecule has 6 nitrogen and oxygen atoms in total. The molecule has 0 aromatic carbocycles. The smallest absolute Gasteiger partial charge is 0.297 e. The van der Waals surface area contributed by atoms with E-state index >= 15 is 0 Å². The summed E-state index contributed by atoms with van der Waals surface area (Å²) in [5.74, 6) is -0.529. The topological polar surface area (TPSA) is 76.9 Å². The van der Waals surface area contributed by atoms with Gasteiger partial charge in [-0.05, 0) is 19.4 Å². The highest BCUT2D eigenvalue weighted by Crippen LogP contribution is 2.12. The predicted octanol–water partition coefficient (Wildman–Crippen LogP) is -0.419. The number of hydrogen-bond acceptors (Lipinski definition) is 3. The highest BCUT2D eigenvalue weighted by molar-refractivity contribution is 5.82. The van der Waals surface area contributed by atoms with Gasteiger partial charge >= 0.3 is 11.4 Å². The van der Waals surface area contributed by atoms with E-state index in [-0.39, 0.29) is 10.7 Å². The molecule has 1 aromatic heterocycles. The van der Waals surface area contributed by atoms with Crippen LogP contribution in [0.25, 0.3) is 0 Å². The molecule has 1 rings (SSSR count). The molecular weight excluding hydrogens is 198 g/mol. The van der Waals surface area contributed by atoms with Crippen molar-refractivity contribution >= 4 is 5.78 Å². The zero-order valence-electron chi connectivity index (χ0n) is 11.6. The summed E-state index contributed by atoms with van der Waals surface area (Å²) in [6.07, 6.45) is 0. The Morgan fingerprint density at radius 2 is 2.20 bits per heavy atom. The summed E-state index contributed by atoms with van der Waals surface area (Å²) < 4.78 is 23.1. The van der Waals surface area contributed by atoms with Gasteiger partial charge in [-0.3, -0.25) is 4.79 Å². The van der Waals surface area contributed by atoms with Crippen LogP contribution in [0.2, 0.25) is 1.41 Å². The molecule has 0 saturated heterocycles. The average molecular weight is 214 g/mol. The molecule has 15 heavy (non-hydrogen) atoms. The van der Waals surface area contributed by atoms with Crippen LogP contribution in [0.5, 0.6) is 0 Å². The fourth-order valence-corrected chi connectivity index (χ4v) is 1.27. The van der Waals surface area contributed by atoms with E-state index in [4.69, 9.17) is 4.15 Å². The van der Waals surface area contributed by atoms with E-state index in [1.165, 1.54) is 20.9 Å². The van der Waals surface area contributed by atoms with Crippen molar-refractivity contribution in [3.63, 3.8) is 0 Å². The number of carbonyl (C=O) groups excluding carboxylic acids is 1. The summed E-state index contributed by atoms with van der Waals surface area (Å²) in [4.78, 5) is 34.7. The van der Waals surface area contributed by atoms with Gasteiger partial charge in [-0.25, -0.2) is 23.9 Å². The maximum absolute atomic E-state index is 11.8. The van der Waals surface area contributed by atoms with Crippen LogP contribution in [0.3, 0.4) is 0 Å². The first-order valence-electron chi connectivity index (χ1n) is 5.69. The van der Waals surface area contributed by atoms with Gasteiger partial charge in [0.15, 0.2) is 7.20 Å². The number of aromatic amines is 1. The summed E-state index contributed by atoms with van der Waals surface area (Å²) in [7, 11) is 1.19. The van der Waals surface area contributed by atoms with Crippen LogP contribution in [-0.4, -0.2) is 20.1 Å². The number of hydrogen-bond donors (Lipinski definition) is 1. The van der Waals surface area contributed by atoms with Gasteiger partial charge in [-0.15, -0.1) is 0 Å². The molecule has 1 atom stereocenters. The molecule has 0 saturated carbocycles. The third kappa shape index (κ3) is 1.83. The molecule has 1 heterocycles. The van der Waals surface area contributed by atoms with E-state index in [2.05, 4.69) is 0 Å². The Morgan fingerprint density at radius 3 is 2.53 bits per heavy atom. The second kappa shape index (κ2) is 3.72. The quantitative estimate of drug-likeness (QED) is 0.694. The Kier molecular flexibility index (Phi) is 1.85. The van der Waals surface area contributed by atoms with Crippen LogP contribution >= 0.6 is 0 Å². The van der Waals surface area contributed by atoms with Gasteiger partial charge < -0.3 is 0 Å². The maximum Gasteiger partial charge on any atom is 0.347 e. The van der Waals surface area contributed by atoms with Crippen molar-refractivity contribution in [2.75, 3.05) is 0 Å². The minimum atomic E-state index is -1.28. The van der Waals surface area contributed by atoms with Crippen molar-refractivity contribution < 1.29 is 8.95 Å². The number of nitrogens with zero attached hydrogens (tertiary/aromatic N) is 2. The maximum atomic E-state index is 11.8. The van der Waals surface area contributed by atoms with Crippen molar-refractivity contribution in [2.45, 2.75) is 19.9 Å². The van der Waals surface area contributed by atoms with Gasteiger partial charge in [0.2, 0.25) is 0 Å². The normalized spacial score (nSPS) is 15.0. The first kappa shape index (κ1) is 7.44. The fourth-order valence-electron chi connectivity index (χ4n) is 1.27. The number of rotatable bonds is 3. The van der Waals surface area contributed by atoms with Crippen molar-refractivity contribution in [1.82, 2.24) is 14.3 Å². The van der Waals surface area contributed by atoms with E-state index in [0.717, 1.165) is 0 Å². The number of nitrogens with one attached hydrogen (secondary N) is 1. The second-order valence-electron chi connectivity index (χ2n) is 3.26. The van der Waals surface area contributed by atoms with Gasteiger partial charge in [-0.1, -0.05) is 6.53 Å². The van der Waals surface area contributed by atoms with Gasteiger partial charge in [-0.2, -0.15) is 0 Å². The average Bonchev–Trinajstić information content (AvgIpc) is 2.46. The number of H-pyrrole nitrogens is 1. The summed E-state index contributed by atoms with van der Waals surface area (Å²) in [6, 6.07) is -1.28. The molecule has 0 bridgehead atoms. The van der Waals surface area contributed by atoms with E-state index in [1.54, 1.807) is 0 Å². The van der Waals surface area contributed by atoms with Crippen LogP contribution in [0.1, 0.15) is 22.6 Å². The molecule has 0 spiro atoms. The zero-order chi connectivity index (χ0) is 14.2. The third-order valence-corrected chi connectivity index (χ3v) is 2.00. The second-order valence-corrected chi connectivity index (χ2v) is 3.26. The minimum absolute atomic E-state index is 0.00352. The third-order valence-electron chi connectivity index (χ3n) is 2.00. The molecule has 0 radical (unpaired) electrons. The number of allylic oxidation sites excluding steroid dienone is 1. The number of carbonyl (C=O) groups is 1. The lowest BCUT2D eigenvalue weighted by molar-refractivity contribution is -0.119. The standard InChI is InChI=1S/C9H13N3O3/c1-5(2)7(6(3)13)12-9(15)11(4)8(14)10-12/h7H,1H2,2-4H3,(H,10,14)/i1D2/hD. The summed E-state index contributed by atoms with van der Waals surface area (Å²) in [5.41, 5.74) is -1.73. The largest absolute Gasteiger partial charge is 0.347 e. The number of ketones is 1. The molecule has 1 aromatic rings. The molecule has 82 valence electrons. The molecule has 0 amide bonds. The van der Waals surface area contributed by atoms with Crippen LogP contribution < -0.4 is 11.4 Å². The molecule has 0 aliphatic heterocycles. The van der Waals surface area contributed by atoms with E-state index < -0.39 is 29.7 Å². The lowest BCUT2D eigenvalue weighted by Crippen LogP contribution is -2.31. The SMILES string of the molecule is [2H]C([2H])=C(C)C(C(C)=O)n1c(=O)n(C)c(=O)n1[2H]. The molecule has 6 heteroatoms. The van der Waals surface area contributed by atoms with Gasteiger partial charge in [0.25, 0.3) is 0 Å². The van der Waals surface area contributed by atoms with Crippen LogP contribution in [0.15, 0.2) is 21.7 Å². The first-order valence-corrected chi connectivity index (χ1v) is 4.24. The Morgan fingerprint density at radius 1 is 1.60 bits per heavy atom. The monoisotopic (exact) mass is 214 g/mol. The van der Waals surface area contributed by atoms with Crippen LogP contribution in [0.4, 0.5) is 0 Å². The lowest BCUT2D eigenvalue weighted by Gasteiger charge is -2.12. The molecule has 0 aliphatic rings. The van der Waals surface area contributed by atoms with Gasteiger partial charge in [0, 0.05) is 7.05 Å². The van der Waals surface area contributed by atoms with Gasteiger partial charge in [0.05, 0.1) is 2.74 Å². The van der Waals surface area contributed by atoms with Crippen molar-refractivity contribution in [1.29, 1.82) is 0 Å². The van der Waals surface area contributed by atoms with E-state index in [0.29, 0.717) is 9.25 Å². The highest BCUT2D eigenvalue weighted by Gasteiger charge is 2.21. The van der Waals surface area contributed by atoms with Crippen molar-refractivity contribution in [2.24, 2.45) is 7.05 Å². The highest BCUT2D eigenvalue weighted by atomic mass is 16.2. The summed E-state index contributed by atoms with van der Waals surface area (Å²) in [6.45, 7) is 1.88. The zero-order valence-corrected chi connectivity index (χ0v) is 8.64. The van der Waals surface area contributed by atoms with Crippen LogP contribution in [-0.2, 0) is 11.8 Å². The van der Waals surface area contributed by atoms with Crippen LogP contribution in [0, 0.1) is 0 Å². The Hall–Kier alpha value is -1.85. The summed E-state index contributed by atoms with van der Waals surface area (Å²) >= 11 is 0. The molecule has 1 N–H and O–H groups in total. The van der Waals surface area contributed by atoms with E-state index in [1.807, 2.05) is 0 Å². The Bertz CT molecular complexity index is 634. The van der Waals surface area contributed by atoms with Gasteiger partial charge in [0.1, 0.15) is 6.04 Å². The Labute approximate surface area is 90.1 Å².